The van der Waals surface area contributed by atoms with Crippen LogP contribution in [0.1, 0.15) is 20.7 Å². The Labute approximate surface area is 153 Å². The molecule has 0 saturated carbocycles. The molecule has 0 fully saturated rings. The van der Waals surface area contributed by atoms with Gasteiger partial charge in [0.15, 0.2) is 6.61 Å². The molecular formula is C17H13Cl2NO5. The van der Waals surface area contributed by atoms with Crippen LogP contribution in [-0.2, 0) is 14.3 Å². The molecule has 0 aromatic heterocycles. The summed E-state index contributed by atoms with van der Waals surface area (Å²) in [7, 11) is 1.22. The van der Waals surface area contributed by atoms with E-state index in [0.717, 1.165) is 0 Å². The molecule has 6 nitrogen and oxygen atoms in total. The fourth-order valence-electron chi connectivity index (χ4n) is 1.90. The van der Waals surface area contributed by atoms with Crippen molar-refractivity contribution in [3.8, 4) is 0 Å². The van der Waals surface area contributed by atoms with Crippen molar-refractivity contribution in [3.05, 3.63) is 63.6 Å². The lowest BCUT2D eigenvalue weighted by Gasteiger charge is -2.09. The second-order valence-corrected chi connectivity index (χ2v) is 5.60. The number of benzene rings is 2. The summed E-state index contributed by atoms with van der Waals surface area (Å²) in [4.78, 5) is 35.4. The Balaban J connectivity index is 1.98. The molecule has 0 saturated heterocycles. The first-order valence-corrected chi connectivity index (χ1v) is 7.77. The molecule has 0 spiro atoms. The van der Waals surface area contributed by atoms with Crippen LogP contribution in [0.2, 0.25) is 10.0 Å². The van der Waals surface area contributed by atoms with Gasteiger partial charge >= 0.3 is 11.9 Å². The Morgan fingerprint density at radius 1 is 0.960 bits per heavy atom. The average molecular weight is 382 g/mol. The lowest BCUT2D eigenvalue weighted by Crippen LogP contribution is -2.21. The topological polar surface area (TPSA) is 81.7 Å². The van der Waals surface area contributed by atoms with E-state index in [1.165, 1.54) is 31.4 Å². The molecule has 0 unspecified atom stereocenters. The van der Waals surface area contributed by atoms with Crippen molar-refractivity contribution in [1.82, 2.24) is 0 Å². The number of hydrogen-bond donors (Lipinski definition) is 1. The molecule has 130 valence electrons. The first-order valence-electron chi connectivity index (χ1n) is 7.01. The quantitative estimate of drug-likeness (QED) is 0.800. The molecule has 0 heterocycles. The van der Waals surface area contributed by atoms with Crippen molar-refractivity contribution in [1.29, 1.82) is 0 Å². The molecule has 1 amide bonds. The van der Waals surface area contributed by atoms with E-state index in [-0.39, 0.29) is 21.2 Å². The Hall–Kier alpha value is -2.57. The highest BCUT2D eigenvalue weighted by Gasteiger charge is 2.15. The van der Waals surface area contributed by atoms with Gasteiger partial charge in [-0.1, -0.05) is 35.3 Å². The summed E-state index contributed by atoms with van der Waals surface area (Å²) in [6, 6.07) is 10.6. The largest absolute Gasteiger partial charge is 0.465 e. The Bertz CT molecular complexity index is 822. The first-order chi connectivity index (χ1) is 11.9. The van der Waals surface area contributed by atoms with E-state index in [0.29, 0.717) is 5.69 Å². The number of esters is 2. The third kappa shape index (κ3) is 4.95. The van der Waals surface area contributed by atoms with Crippen molar-refractivity contribution < 1.29 is 23.9 Å². The van der Waals surface area contributed by atoms with Crippen LogP contribution < -0.4 is 5.32 Å². The normalized spacial score (nSPS) is 10.0. The third-order valence-electron chi connectivity index (χ3n) is 3.08. The van der Waals surface area contributed by atoms with Gasteiger partial charge in [0.1, 0.15) is 0 Å². The molecule has 0 radical (unpaired) electrons. The standard InChI is InChI=1S/C17H13Cl2NO5/c1-24-16(22)12-8-10(6-7-14(12)19)20-15(21)9-25-17(23)11-4-2-3-5-13(11)18/h2-8H,9H2,1H3,(H,20,21). The van der Waals surface area contributed by atoms with E-state index >= 15 is 0 Å². The Morgan fingerprint density at radius 3 is 2.32 bits per heavy atom. The van der Waals surface area contributed by atoms with Crippen LogP contribution >= 0.6 is 23.2 Å². The lowest BCUT2D eigenvalue weighted by molar-refractivity contribution is -0.119. The molecule has 0 aliphatic heterocycles. The smallest absolute Gasteiger partial charge is 0.340 e. The third-order valence-corrected chi connectivity index (χ3v) is 3.74. The number of ether oxygens (including phenoxy) is 2. The van der Waals surface area contributed by atoms with Gasteiger partial charge in [-0.3, -0.25) is 4.79 Å². The van der Waals surface area contributed by atoms with Gasteiger partial charge in [-0.25, -0.2) is 9.59 Å². The number of hydrogen-bond acceptors (Lipinski definition) is 5. The Morgan fingerprint density at radius 2 is 1.64 bits per heavy atom. The van der Waals surface area contributed by atoms with Crippen LogP contribution in [0.5, 0.6) is 0 Å². The molecule has 2 rings (SSSR count). The summed E-state index contributed by atoms with van der Waals surface area (Å²) in [6.45, 7) is -0.514. The highest BCUT2D eigenvalue weighted by molar-refractivity contribution is 6.34. The summed E-state index contributed by atoms with van der Waals surface area (Å²) >= 11 is 11.8. The number of halogens is 2. The predicted molar refractivity (Wildman–Crippen MR) is 93.2 cm³/mol. The predicted octanol–water partition coefficient (Wildman–Crippen LogP) is 3.58. The molecule has 8 heteroatoms. The maximum atomic E-state index is 11.9. The maximum absolute atomic E-state index is 11.9. The highest BCUT2D eigenvalue weighted by atomic mass is 35.5. The van der Waals surface area contributed by atoms with E-state index < -0.39 is 24.5 Å². The molecule has 0 bridgehead atoms. The summed E-state index contributed by atoms with van der Waals surface area (Å²) in [5.74, 6) is -1.93. The van der Waals surface area contributed by atoms with Gasteiger partial charge in [0.25, 0.3) is 5.91 Å². The summed E-state index contributed by atoms with van der Waals surface area (Å²) in [5.41, 5.74) is 0.579. The summed E-state index contributed by atoms with van der Waals surface area (Å²) in [6.07, 6.45) is 0. The van der Waals surface area contributed by atoms with Gasteiger partial charge in [0.05, 0.1) is 28.3 Å². The number of carbonyl (C=O) groups excluding carboxylic acids is 3. The molecule has 25 heavy (non-hydrogen) atoms. The molecule has 2 aromatic carbocycles. The Kier molecular flexibility index (Phi) is 6.38. The molecule has 0 aliphatic rings. The van der Waals surface area contributed by atoms with Crippen LogP contribution in [-0.4, -0.2) is 31.6 Å². The van der Waals surface area contributed by atoms with Gasteiger partial charge in [-0.05, 0) is 30.3 Å². The molecule has 1 N–H and O–H groups in total. The van der Waals surface area contributed by atoms with Gasteiger partial charge < -0.3 is 14.8 Å². The second kappa shape index (κ2) is 8.50. The average Bonchev–Trinajstić information content (AvgIpc) is 2.61. The molecular weight excluding hydrogens is 369 g/mol. The van der Waals surface area contributed by atoms with Gasteiger partial charge in [0, 0.05) is 5.69 Å². The van der Waals surface area contributed by atoms with Crippen molar-refractivity contribution in [2.45, 2.75) is 0 Å². The van der Waals surface area contributed by atoms with Crippen LogP contribution in [0, 0.1) is 0 Å². The van der Waals surface area contributed by atoms with Crippen molar-refractivity contribution >= 4 is 46.7 Å². The minimum Gasteiger partial charge on any atom is -0.465 e. The van der Waals surface area contributed by atoms with Gasteiger partial charge in [-0.2, -0.15) is 0 Å². The zero-order valence-electron chi connectivity index (χ0n) is 13.0. The zero-order valence-corrected chi connectivity index (χ0v) is 14.6. The molecule has 2 aromatic rings. The van der Waals surface area contributed by atoms with Crippen molar-refractivity contribution in [2.75, 3.05) is 19.0 Å². The van der Waals surface area contributed by atoms with Crippen LogP contribution in [0.3, 0.4) is 0 Å². The number of rotatable bonds is 5. The number of nitrogens with one attached hydrogen (secondary N) is 1. The van der Waals surface area contributed by atoms with Gasteiger partial charge in [0.2, 0.25) is 0 Å². The summed E-state index contributed by atoms with van der Waals surface area (Å²) in [5, 5.41) is 2.91. The highest BCUT2D eigenvalue weighted by Crippen LogP contribution is 2.21. The molecule has 0 aliphatic carbocycles. The monoisotopic (exact) mass is 381 g/mol. The fourth-order valence-corrected chi connectivity index (χ4v) is 2.31. The molecule has 0 atom stereocenters. The summed E-state index contributed by atoms with van der Waals surface area (Å²) < 4.78 is 9.51. The zero-order chi connectivity index (χ0) is 18.4. The number of carbonyl (C=O) groups is 3. The van der Waals surface area contributed by atoms with E-state index in [1.54, 1.807) is 18.2 Å². The van der Waals surface area contributed by atoms with Crippen LogP contribution in [0.15, 0.2) is 42.5 Å². The van der Waals surface area contributed by atoms with Crippen LogP contribution in [0.4, 0.5) is 5.69 Å². The maximum Gasteiger partial charge on any atom is 0.340 e. The number of amides is 1. The van der Waals surface area contributed by atoms with E-state index in [4.69, 9.17) is 27.9 Å². The fraction of sp³-hybridized carbons (Fsp3) is 0.118. The first kappa shape index (κ1) is 18.8. The number of methoxy groups -OCH3 is 1. The minimum atomic E-state index is -0.716. The van der Waals surface area contributed by atoms with Gasteiger partial charge in [-0.15, -0.1) is 0 Å². The van der Waals surface area contributed by atoms with E-state index in [9.17, 15) is 14.4 Å². The van der Waals surface area contributed by atoms with Crippen LogP contribution in [0.25, 0.3) is 0 Å². The lowest BCUT2D eigenvalue weighted by atomic mass is 10.2. The van der Waals surface area contributed by atoms with E-state index in [2.05, 4.69) is 10.1 Å². The second-order valence-electron chi connectivity index (χ2n) is 4.79. The minimum absolute atomic E-state index is 0.107. The van der Waals surface area contributed by atoms with E-state index in [1.807, 2.05) is 0 Å². The van der Waals surface area contributed by atoms with Crippen molar-refractivity contribution in [2.24, 2.45) is 0 Å². The SMILES string of the molecule is COC(=O)c1cc(NC(=O)COC(=O)c2ccccc2Cl)ccc1Cl. The number of anilines is 1. The van der Waals surface area contributed by atoms with Crippen molar-refractivity contribution in [3.63, 3.8) is 0 Å².